The molecule has 0 fully saturated rings. The monoisotopic (exact) mass is 422 g/mol. The molecular weight excluding hydrogens is 396 g/mol. The topological polar surface area (TPSA) is 0 Å². The number of aryl methyl sites for hydroxylation is 3. The molecule has 0 nitrogen and oxygen atoms in total. The molecule has 0 saturated heterocycles. The maximum atomic E-state index is 4.30. The van der Waals surface area contributed by atoms with E-state index in [4.69, 9.17) is 0 Å². The highest BCUT2D eigenvalue weighted by molar-refractivity contribution is 9.26. The first kappa shape index (κ1) is 19.1. The average Bonchev–Trinajstić information content (AvgIpc) is 2.72. The molecule has 0 aliphatic rings. The molecule has 0 saturated carbocycles. The van der Waals surface area contributed by atoms with Gasteiger partial charge in [0.1, 0.15) is 6.69 Å². The first-order valence-electron chi connectivity index (χ1n) is 9.54. The Balaban J connectivity index is 1.64. The quantitative estimate of drug-likeness (QED) is 0.255. The molecule has 0 unspecified atom stereocenters. The molecule has 0 spiro atoms. The molecule has 134 valence electrons. The summed E-state index contributed by atoms with van der Waals surface area (Å²) < 4.78 is 0. The van der Waals surface area contributed by atoms with Crippen LogP contribution in [0.25, 0.3) is 0 Å². The van der Waals surface area contributed by atoms with Gasteiger partial charge in [0.15, 0.2) is 0 Å². The van der Waals surface area contributed by atoms with E-state index in [1.807, 2.05) is 0 Å². The van der Waals surface area contributed by atoms with Gasteiger partial charge in [-0.1, -0.05) is 91.0 Å². The van der Waals surface area contributed by atoms with Crippen LogP contribution in [0.2, 0.25) is 18.1 Å². The Morgan fingerprint density at radius 3 is 1.00 bits per heavy atom. The minimum absolute atomic E-state index is 1.18. The predicted octanol–water partition coefficient (Wildman–Crippen LogP) is 7.05. The van der Waals surface area contributed by atoms with Gasteiger partial charge in [0.05, 0.1) is 0 Å². The van der Waals surface area contributed by atoms with Crippen LogP contribution in [0.1, 0.15) is 16.7 Å². The molecule has 3 aromatic rings. The summed E-state index contributed by atoms with van der Waals surface area (Å²) in [4.78, 5) is 0. The zero-order valence-corrected chi connectivity index (χ0v) is 17.9. The molecule has 0 heterocycles. The molecule has 26 heavy (non-hydrogen) atoms. The number of rotatable bonds is 9. The molecule has 0 aliphatic heterocycles. The smallest absolute Gasteiger partial charge is 0.126 e. The van der Waals surface area contributed by atoms with Crippen LogP contribution in [0.4, 0.5) is 0 Å². The van der Waals surface area contributed by atoms with Gasteiger partial charge in [-0.2, -0.15) is 0 Å². The van der Waals surface area contributed by atoms with Crippen LogP contribution in [0, 0.1) is 0 Å². The van der Waals surface area contributed by atoms with Gasteiger partial charge in [0.2, 0.25) is 0 Å². The molecule has 3 rings (SSSR count). The zero-order chi connectivity index (χ0) is 18.1. The normalized spacial score (nSPS) is 11.4. The van der Waals surface area contributed by atoms with E-state index >= 15 is 0 Å². The Bertz CT molecular complexity index is 650. The van der Waals surface area contributed by atoms with Crippen molar-refractivity contribution in [3.05, 3.63) is 108 Å². The SMILES string of the molecule is Br[Si](CCc1ccccc1)(CCc1ccccc1)CCc1ccccc1. The highest BCUT2D eigenvalue weighted by Gasteiger charge is 2.29. The summed E-state index contributed by atoms with van der Waals surface area (Å²) in [6.45, 7) is -1.49. The third-order valence-electron chi connectivity index (χ3n) is 5.11. The number of hydrogen-bond acceptors (Lipinski definition) is 0. The van der Waals surface area contributed by atoms with Crippen molar-refractivity contribution in [2.45, 2.75) is 37.4 Å². The second-order valence-electron chi connectivity index (χ2n) is 7.11. The van der Waals surface area contributed by atoms with E-state index < -0.39 is 6.69 Å². The van der Waals surface area contributed by atoms with Gasteiger partial charge in [-0.3, -0.25) is 0 Å². The molecule has 0 atom stereocenters. The van der Waals surface area contributed by atoms with Gasteiger partial charge in [-0.15, -0.1) is 15.3 Å². The van der Waals surface area contributed by atoms with Crippen molar-refractivity contribution in [1.82, 2.24) is 0 Å². The largest absolute Gasteiger partial charge is 0.131 e. The Morgan fingerprint density at radius 2 is 0.731 bits per heavy atom. The van der Waals surface area contributed by atoms with E-state index in [0.29, 0.717) is 0 Å². The van der Waals surface area contributed by atoms with E-state index in [-0.39, 0.29) is 0 Å². The van der Waals surface area contributed by atoms with Crippen LogP contribution in [-0.2, 0) is 19.3 Å². The molecule has 2 heteroatoms. The maximum absolute atomic E-state index is 4.30. The number of halogens is 1. The summed E-state index contributed by atoms with van der Waals surface area (Å²) in [5, 5.41) is 0. The van der Waals surface area contributed by atoms with Crippen LogP contribution in [-0.4, -0.2) is 6.69 Å². The fourth-order valence-electron chi connectivity index (χ4n) is 3.41. The molecule has 0 aliphatic carbocycles. The van der Waals surface area contributed by atoms with Gasteiger partial charge in [-0.25, -0.2) is 0 Å². The summed E-state index contributed by atoms with van der Waals surface area (Å²) >= 11 is 4.30. The highest BCUT2D eigenvalue weighted by atomic mass is 79.9. The minimum Gasteiger partial charge on any atom is -0.126 e. The summed E-state index contributed by atoms with van der Waals surface area (Å²) in [5.41, 5.74) is 4.38. The van der Waals surface area contributed by atoms with Crippen molar-refractivity contribution in [1.29, 1.82) is 0 Å². The van der Waals surface area contributed by atoms with E-state index in [1.165, 1.54) is 54.1 Å². The molecule has 0 aromatic heterocycles. The van der Waals surface area contributed by atoms with Crippen LogP contribution in [0.15, 0.2) is 91.0 Å². The minimum atomic E-state index is -1.49. The first-order valence-corrected chi connectivity index (χ1v) is 14.4. The zero-order valence-electron chi connectivity index (χ0n) is 15.3. The molecule has 0 bridgehead atoms. The summed E-state index contributed by atoms with van der Waals surface area (Å²) in [5.74, 6) is 0. The lowest BCUT2D eigenvalue weighted by atomic mass is 10.2. The lowest BCUT2D eigenvalue weighted by molar-refractivity contribution is 0.995. The Labute approximate surface area is 166 Å². The summed E-state index contributed by atoms with van der Waals surface area (Å²) in [7, 11) is 0. The highest BCUT2D eigenvalue weighted by Crippen LogP contribution is 2.32. The van der Waals surface area contributed by atoms with E-state index in [1.54, 1.807) is 0 Å². The molecule has 0 amide bonds. The Morgan fingerprint density at radius 1 is 0.462 bits per heavy atom. The first-order chi connectivity index (χ1) is 12.7. The van der Waals surface area contributed by atoms with Crippen molar-refractivity contribution in [3.63, 3.8) is 0 Å². The van der Waals surface area contributed by atoms with Crippen molar-refractivity contribution in [3.8, 4) is 0 Å². The number of hydrogen-bond donors (Lipinski definition) is 0. The van der Waals surface area contributed by atoms with Crippen molar-refractivity contribution in [2.24, 2.45) is 0 Å². The third-order valence-corrected chi connectivity index (χ3v) is 12.1. The van der Waals surface area contributed by atoms with Crippen molar-refractivity contribution in [2.75, 3.05) is 0 Å². The van der Waals surface area contributed by atoms with Crippen LogP contribution < -0.4 is 0 Å². The molecule has 0 N–H and O–H groups in total. The maximum Gasteiger partial charge on any atom is 0.131 e. The predicted molar refractivity (Wildman–Crippen MR) is 120 cm³/mol. The summed E-state index contributed by atoms with van der Waals surface area (Å²) in [6, 6.07) is 36.7. The Kier molecular flexibility index (Phi) is 7.28. The van der Waals surface area contributed by atoms with Gasteiger partial charge >= 0.3 is 0 Å². The fourth-order valence-corrected chi connectivity index (χ4v) is 8.16. The van der Waals surface area contributed by atoms with E-state index in [0.717, 1.165) is 0 Å². The standard InChI is InChI=1S/C24H27BrSi/c25-26(19-16-22-10-4-1-5-11-22,20-17-23-12-6-2-7-13-23)21-18-24-14-8-3-9-15-24/h1-15H,16-21H2. The number of benzene rings is 3. The molecule has 3 aromatic carbocycles. The fraction of sp³-hybridized carbons (Fsp3) is 0.250. The Hall–Kier alpha value is -1.64. The van der Waals surface area contributed by atoms with Gasteiger partial charge < -0.3 is 0 Å². The average molecular weight is 423 g/mol. The van der Waals surface area contributed by atoms with Gasteiger partial charge in [0, 0.05) is 0 Å². The van der Waals surface area contributed by atoms with Gasteiger partial charge in [0.25, 0.3) is 0 Å². The lowest BCUT2D eigenvalue weighted by Gasteiger charge is -2.26. The van der Waals surface area contributed by atoms with E-state index in [2.05, 4.69) is 106 Å². The molecule has 0 radical (unpaired) electrons. The second kappa shape index (κ2) is 9.89. The van der Waals surface area contributed by atoms with Crippen LogP contribution >= 0.6 is 15.3 Å². The van der Waals surface area contributed by atoms with Crippen LogP contribution in [0.3, 0.4) is 0 Å². The second-order valence-corrected chi connectivity index (χ2v) is 16.0. The molecular formula is C24H27BrSi. The summed E-state index contributed by atoms with van der Waals surface area (Å²) in [6.07, 6.45) is 3.55. The van der Waals surface area contributed by atoms with E-state index in [9.17, 15) is 0 Å². The lowest BCUT2D eigenvalue weighted by Crippen LogP contribution is -2.28. The van der Waals surface area contributed by atoms with Crippen molar-refractivity contribution < 1.29 is 0 Å². The van der Waals surface area contributed by atoms with Gasteiger partial charge in [-0.05, 0) is 54.1 Å². The third kappa shape index (κ3) is 6.26. The van der Waals surface area contributed by atoms with Crippen LogP contribution in [0.5, 0.6) is 0 Å². The van der Waals surface area contributed by atoms with Crippen molar-refractivity contribution >= 4 is 22.0 Å².